The molecule has 0 saturated carbocycles. The molecule has 0 fully saturated rings. The summed E-state index contributed by atoms with van der Waals surface area (Å²) in [6.07, 6.45) is 1.33. The maximum Gasteiger partial charge on any atom is 0.342 e. The average Bonchev–Trinajstić information content (AvgIpc) is 3.10. The first-order valence-electron chi connectivity index (χ1n) is 9.81. The van der Waals surface area contributed by atoms with Crippen molar-refractivity contribution in [1.29, 1.82) is 0 Å². The number of nitrogens with zero attached hydrogens (tertiary/aromatic N) is 2. The van der Waals surface area contributed by atoms with Crippen molar-refractivity contribution >= 4 is 40.2 Å². The third kappa shape index (κ3) is 4.50. The molecule has 0 bridgehead atoms. The van der Waals surface area contributed by atoms with Gasteiger partial charge in [0.1, 0.15) is 41.6 Å². The van der Waals surface area contributed by atoms with Crippen LogP contribution in [0.4, 0.5) is 15.9 Å². The Morgan fingerprint density at radius 2 is 2.06 bits per heavy atom. The summed E-state index contributed by atoms with van der Waals surface area (Å²) >= 11 is 6.37. The lowest BCUT2D eigenvalue weighted by Crippen LogP contribution is -2.06. The maximum absolute atomic E-state index is 13.3. The molecule has 164 valence electrons. The zero-order chi connectivity index (χ0) is 22.7. The third-order valence-corrected chi connectivity index (χ3v) is 4.92. The molecule has 0 atom stereocenters. The normalized spacial score (nSPS) is 10.9. The molecule has 0 radical (unpaired) electrons. The number of aromatic nitrogens is 2. The SMILES string of the molecule is CCOC(=O)c1c(C)oc2ncnc(Nc3ccc(OCc4cccc(F)c4)c(Cl)c3)c12. The summed E-state index contributed by atoms with van der Waals surface area (Å²) in [7, 11) is 0. The molecule has 0 spiro atoms. The summed E-state index contributed by atoms with van der Waals surface area (Å²) in [6, 6.07) is 11.3. The van der Waals surface area contributed by atoms with Crippen LogP contribution in [0, 0.1) is 12.7 Å². The number of furan rings is 1. The molecule has 7 nitrogen and oxygen atoms in total. The minimum Gasteiger partial charge on any atom is -0.487 e. The van der Waals surface area contributed by atoms with E-state index in [1.54, 1.807) is 44.2 Å². The monoisotopic (exact) mass is 455 g/mol. The number of hydrogen-bond donors (Lipinski definition) is 1. The number of fused-ring (bicyclic) bond motifs is 1. The number of esters is 1. The first-order chi connectivity index (χ1) is 15.5. The fourth-order valence-electron chi connectivity index (χ4n) is 3.21. The summed E-state index contributed by atoms with van der Waals surface area (Å²) in [5, 5.41) is 3.91. The van der Waals surface area contributed by atoms with Crippen molar-refractivity contribution in [3.8, 4) is 5.75 Å². The lowest BCUT2D eigenvalue weighted by atomic mass is 10.2. The Morgan fingerprint density at radius 1 is 1.22 bits per heavy atom. The number of nitrogens with one attached hydrogen (secondary N) is 1. The quantitative estimate of drug-likeness (QED) is 0.351. The van der Waals surface area contributed by atoms with Gasteiger partial charge in [0.05, 0.1) is 17.0 Å². The van der Waals surface area contributed by atoms with Gasteiger partial charge >= 0.3 is 5.97 Å². The number of rotatable bonds is 7. The van der Waals surface area contributed by atoms with E-state index >= 15 is 0 Å². The van der Waals surface area contributed by atoms with Crippen LogP contribution in [0.3, 0.4) is 0 Å². The number of benzene rings is 2. The lowest BCUT2D eigenvalue weighted by molar-refractivity contribution is 0.0526. The van der Waals surface area contributed by atoms with Crippen LogP contribution >= 0.6 is 11.6 Å². The minimum atomic E-state index is -0.513. The molecular formula is C23H19ClFN3O4. The van der Waals surface area contributed by atoms with E-state index < -0.39 is 5.97 Å². The summed E-state index contributed by atoms with van der Waals surface area (Å²) in [4.78, 5) is 20.8. The van der Waals surface area contributed by atoms with E-state index in [2.05, 4.69) is 15.3 Å². The van der Waals surface area contributed by atoms with E-state index in [1.165, 1.54) is 18.5 Å². The number of aryl methyl sites for hydroxylation is 1. The standard InChI is InChI=1S/C23H19ClFN3O4/c1-3-30-23(29)19-13(2)32-22-20(19)21(26-12-27-22)28-16-7-8-18(17(24)10-16)31-11-14-5-4-6-15(25)9-14/h4-10,12H,3,11H2,1-2H3,(H,26,27,28). The van der Waals surface area contributed by atoms with Gasteiger partial charge in [0.15, 0.2) is 0 Å². The molecule has 32 heavy (non-hydrogen) atoms. The van der Waals surface area contributed by atoms with E-state index in [1.807, 2.05) is 0 Å². The van der Waals surface area contributed by atoms with Crippen molar-refractivity contribution in [2.75, 3.05) is 11.9 Å². The van der Waals surface area contributed by atoms with Crippen molar-refractivity contribution in [3.05, 3.63) is 76.5 Å². The van der Waals surface area contributed by atoms with E-state index in [0.717, 1.165) is 0 Å². The predicted molar refractivity (Wildman–Crippen MR) is 118 cm³/mol. The molecular weight excluding hydrogens is 437 g/mol. The van der Waals surface area contributed by atoms with Crippen LogP contribution in [0.5, 0.6) is 5.75 Å². The summed E-state index contributed by atoms with van der Waals surface area (Å²) in [6.45, 7) is 3.80. The highest BCUT2D eigenvalue weighted by molar-refractivity contribution is 6.32. The maximum atomic E-state index is 13.3. The molecule has 0 aliphatic rings. The van der Waals surface area contributed by atoms with Crippen molar-refractivity contribution in [2.45, 2.75) is 20.5 Å². The first-order valence-corrected chi connectivity index (χ1v) is 10.2. The van der Waals surface area contributed by atoms with Gasteiger partial charge in [0.2, 0.25) is 5.71 Å². The molecule has 2 aromatic heterocycles. The molecule has 0 unspecified atom stereocenters. The number of carbonyl (C=O) groups excluding carboxylic acids is 1. The highest BCUT2D eigenvalue weighted by Crippen LogP contribution is 2.34. The molecule has 2 aromatic carbocycles. The largest absolute Gasteiger partial charge is 0.487 e. The van der Waals surface area contributed by atoms with Crippen LogP contribution in [0.1, 0.15) is 28.6 Å². The molecule has 2 heterocycles. The van der Waals surface area contributed by atoms with Gasteiger partial charge in [-0.1, -0.05) is 23.7 Å². The predicted octanol–water partition coefficient (Wildman–Crippen LogP) is 5.82. The number of halogens is 2. The highest BCUT2D eigenvalue weighted by Gasteiger charge is 2.23. The number of anilines is 2. The Morgan fingerprint density at radius 3 is 2.81 bits per heavy atom. The second-order valence-electron chi connectivity index (χ2n) is 6.84. The van der Waals surface area contributed by atoms with Gasteiger partial charge in [-0.05, 0) is 49.7 Å². The summed E-state index contributed by atoms with van der Waals surface area (Å²) in [5.41, 5.74) is 1.84. The van der Waals surface area contributed by atoms with Crippen molar-refractivity contribution < 1.29 is 23.1 Å². The molecule has 9 heteroatoms. The zero-order valence-corrected chi connectivity index (χ0v) is 18.1. The van der Waals surface area contributed by atoms with Crippen molar-refractivity contribution in [3.63, 3.8) is 0 Å². The third-order valence-electron chi connectivity index (χ3n) is 4.62. The Bertz CT molecular complexity index is 1290. The fraction of sp³-hybridized carbons (Fsp3) is 0.174. The Labute approximate surface area is 188 Å². The van der Waals surface area contributed by atoms with Crippen molar-refractivity contribution in [2.24, 2.45) is 0 Å². The Balaban J connectivity index is 1.58. The van der Waals surface area contributed by atoms with E-state index in [-0.39, 0.29) is 30.3 Å². The van der Waals surface area contributed by atoms with E-state index in [4.69, 9.17) is 25.5 Å². The molecule has 4 rings (SSSR count). The van der Waals surface area contributed by atoms with Gasteiger partial charge in [-0.25, -0.2) is 19.2 Å². The summed E-state index contributed by atoms with van der Waals surface area (Å²) < 4.78 is 29.8. The van der Waals surface area contributed by atoms with E-state index in [0.29, 0.717) is 39.0 Å². The highest BCUT2D eigenvalue weighted by atomic mass is 35.5. The van der Waals surface area contributed by atoms with Crippen LogP contribution in [0.15, 0.2) is 53.2 Å². The van der Waals surface area contributed by atoms with Gasteiger partial charge in [-0.15, -0.1) is 0 Å². The van der Waals surface area contributed by atoms with Crippen LogP contribution in [-0.2, 0) is 11.3 Å². The fourth-order valence-corrected chi connectivity index (χ4v) is 3.44. The van der Waals surface area contributed by atoms with Crippen LogP contribution in [0.25, 0.3) is 11.1 Å². The molecule has 0 amide bonds. The van der Waals surface area contributed by atoms with Crippen LogP contribution in [0.2, 0.25) is 5.02 Å². The van der Waals surface area contributed by atoms with Crippen molar-refractivity contribution in [1.82, 2.24) is 9.97 Å². The number of ether oxygens (including phenoxy) is 2. The number of hydrogen-bond acceptors (Lipinski definition) is 7. The topological polar surface area (TPSA) is 86.5 Å². The van der Waals surface area contributed by atoms with Gasteiger partial charge in [-0.3, -0.25) is 0 Å². The Kier molecular flexibility index (Phi) is 6.23. The zero-order valence-electron chi connectivity index (χ0n) is 17.3. The van der Waals surface area contributed by atoms with Crippen LogP contribution < -0.4 is 10.1 Å². The van der Waals surface area contributed by atoms with Gasteiger partial charge < -0.3 is 19.2 Å². The minimum absolute atomic E-state index is 0.175. The molecule has 0 saturated heterocycles. The molecule has 1 N–H and O–H groups in total. The second-order valence-corrected chi connectivity index (χ2v) is 7.25. The molecule has 4 aromatic rings. The first kappa shape index (κ1) is 21.6. The van der Waals surface area contributed by atoms with E-state index in [9.17, 15) is 9.18 Å². The van der Waals surface area contributed by atoms with Crippen LogP contribution in [-0.4, -0.2) is 22.5 Å². The van der Waals surface area contributed by atoms with Gasteiger partial charge in [0, 0.05) is 5.69 Å². The van der Waals surface area contributed by atoms with Gasteiger partial charge in [0.25, 0.3) is 0 Å². The lowest BCUT2D eigenvalue weighted by Gasteiger charge is -2.11. The number of carbonyl (C=O) groups is 1. The second kappa shape index (κ2) is 9.23. The smallest absolute Gasteiger partial charge is 0.342 e. The Hall–Kier alpha value is -3.65. The summed E-state index contributed by atoms with van der Waals surface area (Å²) in [5.74, 6) is 0.367. The average molecular weight is 456 g/mol. The molecule has 0 aliphatic heterocycles. The van der Waals surface area contributed by atoms with Gasteiger partial charge in [-0.2, -0.15) is 0 Å². The molecule has 0 aliphatic carbocycles.